The Bertz CT molecular complexity index is 933. The lowest BCUT2D eigenvalue weighted by Gasteiger charge is -2.19. The van der Waals surface area contributed by atoms with E-state index >= 15 is 0 Å². The summed E-state index contributed by atoms with van der Waals surface area (Å²) >= 11 is 0. The van der Waals surface area contributed by atoms with Crippen LogP contribution in [-0.4, -0.2) is 59.1 Å². The molecular formula is C21H22N4O2. The summed E-state index contributed by atoms with van der Waals surface area (Å²) in [6.45, 7) is 0.0105. The van der Waals surface area contributed by atoms with E-state index < -0.39 is 0 Å². The van der Waals surface area contributed by atoms with Crippen LogP contribution < -0.4 is 0 Å². The van der Waals surface area contributed by atoms with Gasteiger partial charge in [-0.3, -0.25) is 9.59 Å². The fraction of sp³-hybridized carbons (Fsp3) is 0.190. The van der Waals surface area contributed by atoms with E-state index in [9.17, 15) is 9.59 Å². The molecule has 1 heterocycles. The van der Waals surface area contributed by atoms with Crippen molar-refractivity contribution >= 4 is 11.8 Å². The summed E-state index contributed by atoms with van der Waals surface area (Å²) in [4.78, 5) is 27.9. The highest BCUT2D eigenvalue weighted by Gasteiger charge is 2.23. The van der Waals surface area contributed by atoms with E-state index in [2.05, 4.69) is 5.10 Å². The van der Waals surface area contributed by atoms with Crippen LogP contribution >= 0.6 is 0 Å². The Labute approximate surface area is 158 Å². The van der Waals surface area contributed by atoms with Gasteiger partial charge in [-0.05, 0) is 12.1 Å². The molecule has 0 atom stereocenters. The van der Waals surface area contributed by atoms with Crippen LogP contribution in [0.15, 0.2) is 66.9 Å². The van der Waals surface area contributed by atoms with Crippen molar-refractivity contribution in [3.8, 4) is 16.9 Å². The van der Waals surface area contributed by atoms with Crippen molar-refractivity contribution in [2.75, 3.05) is 27.7 Å². The standard InChI is InChI=1S/C21H22N4O2/c1-23(2)19(26)15-24(3)21(27)18-14-25(17-12-8-5-9-13-17)22-20(18)16-10-6-4-7-11-16/h4-14H,15H2,1-3H3. The van der Waals surface area contributed by atoms with Crippen molar-refractivity contribution in [1.29, 1.82) is 0 Å². The maximum Gasteiger partial charge on any atom is 0.257 e. The molecular weight excluding hydrogens is 340 g/mol. The molecule has 0 unspecified atom stereocenters. The predicted molar refractivity (Wildman–Crippen MR) is 105 cm³/mol. The van der Waals surface area contributed by atoms with Gasteiger partial charge in [0.25, 0.3) is 5.91 Å². The number of amides is 2. The molecule has 0 aliphatic carbocycles. The quantitative estimate of drug-likeness (QED) is 0.701. The molecule has 0 bridgehead atoms. The summed E-state index contributed by atoms with van der Waals surface area (Å²) in [5, 5.41) is 4.64. The van der Waals surface area contributed by atoms with Gasteiger partial charge >= 0.3 is 0 Å². The van der Waals surface area contributed by atoms with Crippen LogP contribution in [0.25, 0.3) is 16.9 Å². The Morgan fingerprint density at radius 2 is 1.52 bits per heavy atom. The van der Waals surface area contributed by atoms with E-state index in [0.717, 1.165) is 11.3 Å². The summed E-state index contributed by atoms with van der Waals surface area (Å²) in [5.74, 6) is -0.381. The Morgan fingerprint density at radius 1 is 0.926 bits per heavy atom. The summed E-state index contributed by atoms with van der Waals surface area (Å²) in [7, 11) is 4.96. The normalized spacial score (nSPS) is 10.5. The van der Waals surface area contributed by atoms with Gasteiger partial charge in [-0.15, -0.1) is 0 Å². The first-order valence-electron chi connectivity index (χ1n) is 8.63. The highest BCUT2D eigenvalue weighted by atomic mass is 16.2. The number of rotatable bonds is 5. The molecule has 2 amide bonds. The van der Waals surface area contributed by atoms with Gasteiger partial charge in [-0.25, -0.2) is 4.68 Å². The topological polar surface area (TPSA) is 58.4 Å². The molecule has 0 N–H and O–H groups in total. The fourth-order valence-electron chi connectivity index (χ4n) is 2.67. The fourth-order valence-corrected chi connectivity index (χ4v) is 2.67. The third-order valence-electron chi connectivity index (χ3n) is 4.23. The SMILES string of the molecule is CN(C)C(=O)CN(C)C(=O)c1cn(-c2ccccc2)nc1-c1ccccc1. The molecule has 6 heteroatoms. The summed E-state index contributed by atoms with van der Waals surface area (Å²) < 4.78 is 1.69. The lowest BCUT2D eigenvalue weighted by atomic mass is 10.1. The number of hydrogen-bond acceptors (Lipinski definition) is 3. The molecule has 0 spiro atoms. The van der Waals surface area contributed by atoms with E-state index in [1.807, 2.05) is 60.7 Å². The average Bonchev–Trinajstić information content (AvgIpc) is 3.14. The van der Waals surface area contributed by atoms with Gasteiger partial charge in [0.15, 0.2) is 0 Å². The Morgan fingerprint density at radius 3 is 2.11 bits per heavy atom. The number of likely N-dealkylation sites (N-methyl/N-ethyl adjacent to an activating group) is 2. The largest absolute Gasteiger partial charge is 0.347 e. The second-order valence-electron chi connectivity index (χ2n) is 6.49. The van der Waals surface area contributed by atoms with Crippen LogP contribution in [0.3, 0.4) is 0 Å². The smallest absolute Gasteiger partial charge is 0.257 e. The minimum absolute atomic E-state index is 0.0105. The number of hydrogen-bond donors (Lipinski definition) is 0. The van der Waals surface area contributed by atoms with Crippen LogP contribution in [0.2, 0.25) is 0 Å². The highest BCUT2D eigenvalue weighted by Crippen LogP contribution is 2.24. The van der Waals surface area contributed by atoms with Crippen LogP contribution in [0, 0.1) is 0 Å². The lowest BCUT2D eigenvalue weighted by Crippen LogP contribution is -2.37. The van der Waals surface area contributed by atoms with Crippen LogP contribution in [0.1, 0.15) is 10.4 Å². The number of carbonyl (C=O) groups is 2. The Kier molecular flexibility index (Phi) is 5.35. The first-order chi connectivity index (χ1) is 13.0. The maximum atomic E-state index is 13.0. The van der Waals surface area contributed by atoms with Crippen molar-refractivity contribution < 1.29 is 9.59 Å². The van der Waals surface area contributed by atoms with Crippen molar-refractivity contribution in [3.63, 3.8) is 0 Å². The first kappa shape index (κ1) is 18.4. The molecule has 3 aromatic rings. The maximum absolute atomic E-state index is 13.0. The summed E-state index contributed by atoms with van der Waals surface area (Å²) in [5.41, 5.74) is 2.76. The van der Waals surface area contributed by atoms with E-state index in [1.165, 1.54) is 9.80 Å². The second kappa shape index (κ2) is 7.86. The number of benzene rings is 2. The predicted octanol–water partition coefficient (Wildman–Crippen LogP) is 2.70. The van der Waals surface area contributed by atoms with E-state index in [4.69, 9.17) is 0 Å². The molecule has 6 nitrogen and oxygen atoms in total. The Hall–Kier alpha value is -3.41. The second-order valence-corrected chi connectivity index (χ2v) is 6.49. The van der Waals surface area contributed by atoms with Gasteiger partial charge in [-0.1, -0.05) is 48.5 Å². The molecule has 0 saturated heterocycles. The van der Waals surface area contributed by atoms with Gasteiger partial charge in [0.05, 0.1) is 17.8 Å². The summed E-state index contributed by atoms with van der Waals surface area (Å²) in [6, 6.07) is 19.2. The number of carbonyl (C=O) groups excluding carboxylic acids is 2. The van der Waals surface area contributed by atoms with Crippen LogP contribution in [0.5, 0.6) is 0 Å². The van der Waals surface area contributed by atoms with Crippen LogP contribution in [-0.2, 0) is 4.79 Å². The molecule has 27 heavy (non-hydrogen) atoms. The van der Waals surface area contributed by atoms with Gasteiger partial charge in [0.2, 0.25) is 5.91 Å². The molecule has 2 aromatic carbocycles. The molecule has 0 saturated carbocycles. The van der Waals surface area contributed by atoms with Crippen molar-refractivity contribution in [1.82, 2.24) is 19.6 Å². The molecule has 0 aliphatic rings. The molecule has 3 rings (SSSR count). The zero-order valence-electron chi connectivity index (χ0n) is 15.7. The number of aromatic nitrogens is 2. The molecule has 138 valence electrons. The third kappa shape index (κ3) is 4.06. The van der Waals surface area contributed by atoms with E-state index in [-0.39, 0.29) is 18.4 Å². The molecule has 0 fully saturated rings. The molecule has 0 radical (unpaired) electrons. The lowest BCUT2D eigenvalue weighted by molar-refractivity contribution is -0.129. The van der Waals surface area contributed by atoms with E-state index in [1.54, 1.807) is 32.0 Å². The van der Waals surface area contributed by atoms with Gasteiger partial charge < -0.3 is 9.80 Å². The Balaban J connectivity index is 2.01. The minimum atomic E-state index is -0.244. The van der Waals surface area contributed by atoms with Gasteiger partial charge in [0.1, 0.15) is 5.69 Å². The monoisotopic (exact) mass is 362 g/mol. The van der Waals surface area contributed by atoms with Crippen molar-refractivity contribution in [3.05, 3.63) is 72.4 Å². The zero-order valence-corrected chi connectivity index (χ0v) is 15.7. The average molecular weight is 362 g/mol. The van der Waals surface area contributed by atoms with Crippen molar-refractivity contribution in [2.24, 2.45) is 0 Å². The van der Waals surface area contributed by atoms with E-state index in [0.29, 0.717) is 11.3 Å². The first-order valence-corrected chi connectivity index (χ1v) is 8.63. The van der Waals surface area contributed by atoms with Crippen molar-refractivity contribution in [2.45, 2.75) is 0 Å². The third-order valence-corrected chi connectivity index (χ3v) is 4.23. The minimum Gasteiger partial charge on any atom is -0.347 e. The zero-order chi connectivity index (χ0) is 19.4. The van der Waals surface area contributed by atoms with Gasteiger partial charge in [-0.2, -0.15) is 5.10 Å². The summed E-state index contributed by atoms with van der Waals surface area (Å²) in [6.07, 6.45) is 1.72. The van der Waals surface area contributed by atoms with Gasteiger partial charge in [0, 0.05) is 32.9 Å². The molecule has 1 aromatic heterocycles. The number of para-hydroxylation sites is 1. The number of nitrogens with zero attached hydrogens (tertiary/aromatic N) is 4. The van der Waals surface area contributed by atoms with Crippen LogP contribution in [0.4, 0.5) is 0 Å². The highest BCUT2D eigenvalue weighted by molar-refractivity contribution is 6.01. The molecule has 0 aliphatic heterocycles.